The van der Waals surface area contributed by atoms with Crippen molar-refractivity contribution in [3.63, 3.8) is 0 Å². The van der Waals surface area contributed by atoms with Gasteiger partial charge in [-0.3, -0.25) is 4.68 Å². The van der Waals surface area contributed by atoms with Crippen molar-refractivity contribution in [1.82, 2.24) is 20.0 Å². The molecule has 0 fully saturated rings. The van der Waals surface area contributed by atoms with E-state index in [1.54, 1.807) is 11.0 Å². The van der Waals surface area contributed by atoms with Crippen LogP contribution in [0.2, 0.25) is 5.02 Å². The molecule has 1 aromatic carbocycles. The molecule has 1 N–H and O–H groups in total. The lowest BCUT2D eigenvalue weighted by Gasteiger charge is -2.31. The van der Waals surface area contributed by atoms with E-state index >= 15 is 0 Å². The Bertz CT molecular complexity index is 876. The number of aromatic nitrogens is 2. The normalized spacial score (nSPS) is 14.1. The van der Waals surface area contributed by atoms with E-state index in [1.807, 2.05) is 32.5 Å². The van der Waals surface area contributed by atoms with E-state index in [-0.39, 0.29) is 24.0 Å². The van der Waals surface area contributed by atoms with Gasteiger partial charge in [0, 0.05) is 41.8 Å². The summed E-state index contributed by atoms with van der Waals surface area (Å²) in [6.07, 6.45) is 0.750. The molecule has 0 radical (unpaired) electrons. The second kappa shape index (κ2) is 8.09. The first-order chi connectivity index (χ1) is 13.1. The Labute approximate surface area is 169 Å². The predicted octanol–water partition coefficient (Wildman–Crippen LogP) is 3.80. The fraction of sp³-hybridized carbons (Fsp3) is 0.500. The fourth-order valence-electron chi connectivity index (χ4n) is 3.26. The predicted molar refractivity (Wildman–Crippen MR) is 106 cm³/mol. The second-order valence-corrected chi connectivity index (χ2v) is 8.48. The van der Waals surface area contributed by atoms with Gasteiger partial charge in [-0.15, -0.1) is 0 Å². The number of hydrogen-bond acceptors (Lipinski definition) is 3. The minimum absolute atomic E-state index is 0.0769. The molecule has 8 heteroatoms. The molecule has 1 aliphatic heterocycles. The minimum atomic E-state index is -0.374. The Hall–Kier alpha value is -2.12. The summed E-state index contributed by atoms with van der Waals surface area (Å²) in [5, 5.41) is 7.91. The average molecular weight is 409 g/mol. The number of aryl methyl sites for hydroxylation is 1. The van der Waals surface area contributed by atoms with Gasteiger partial charge in [0.2, 0.25) is 0 Å². The maximum atomic E-state index is 13.2. The number of ether oxygens (including phenoxy) is 1. The van der Waals surface area contributed by atoms with Crippen LogP contribution in [-0.4, -0.2) is 32.8 Å². The van der Waals surface area contributed by atoms with E-state index in [0.29, 0.717) is 24.7 Å². The summed E-state index contributed by atoms with van der Waals surface area (Å²) in [4.78, 5) is 14.3. The monoisotopic (exact) mass is 408 g/mol. The van der Waals surface area contributed by atoms with E-state index in [4.69, 9.17) is 16.3 Å². The molecule has 28 heavy (non-hydrogen) atoms. The van der Waals surface area contributed by atoms with Crippen LogP contribution in [0.25, 0.3) is 0 Å². The van der Waals surface area contributed by atoms with Crippen LogP contribution < -0.4 is 5.32 Å². The van der Waals surface area contributed by atoms with Crippen LogP contribution in [0.1, 0.15) is 43.3 Å². The van der Waals surface area contributed by atoms with E-state index in [0.717, 1.165) is 28.9 Å². The standard InChI is InChI=1S/C20H26ClFN4O2/c1-20(2,3)23-19(27)26-8-7-18-15(10-26)17(24-25(18)4)12-28-11-13-5-6-14(22)9-16(13)21/h5-6,9H,7-8,10-12H2,1-4H3,(H,23,27). The first kappa shape index (κ1) is 20.6. The van der Waals surface area contributed by atoms with Crippen LogP contribution >= 0.6 is 11.6 Å². The zero-order valence-corrected chi connectivity index (χ0v) is 17.4. The number of benzene rings is 1. The number of amides is 2. The molecule has 1 aliphatic rings. The topological polar surface area (TPSA) is 59.4 Å². The molecule has 2 amide bonds. The maximum absolute atomic E-state index is 13.2. The smallest absolute Gasteiger partial charge is 0.318 e. The maximum Gasteiger partial charge on any atom is 0.318 e. The zero-order chi connectivity index (χ0) is 20.5. The Morgan fingerprint density at radius 3 is 2.79 bits per heavy atom. The molecule has 2 aromatic rings. The van der Waals surface area contributed by atoms with E-state index in [9.17, 15) is 9.18 Å². The Morgan fingerprint density at radius 2 is 2.11 bits per heavy atom. The summed E-state index contributed by atoms with van der Waals surface area (Å²) < 4.78 is 20.8. The first-order valence-electron chi connectivity index (χ1n) is 9.26. The summed E-state index contributed by atoms with van der Waals surface area (Å²) in [5.41, 5.74) is 3.40. The fourth-order valence-corrected chi connectivity index (χ4v) is 3.48. The number of halogens is 2. The van der Waals surface area contributed by atoms with Gasteiger partial charge in [0.05, 0.1) is 25.5 Å². The molecular weight excluding hydrogens is 383 g/mol. The molecular formula is C20H26ClFN4O2. The molecule has 6 nitrogen and oxygen atoms in total. The van der Waals surface area contributed by atoms with Gasteiger partial charge in [-0.05, 0) is 38.5 Å². The molecule has 0 spiro atoms. The summed E-state index contributed by atoms with van der Waals surface area (Å²) in [7, 11) is 1.91. The van der Waals surface area contributed by atoms with Gasteiger partial charge in [-0.25, -0.2) is 9.18 Å². The first-order valence-corrected chi connectivity index (χ1v) is 9.64. The second-order valence-electron chi connectivity index (χ2n) is 8.08. The highest BCUT2D eigenvalue weighted by molar-refractivity contribution is 6.31. The molecule has 0 bridgehead atoms. The van der Waals surface area contributed by atoms with E-state index in [1.165, 1.54) is 12.1 Å². The lowest BCUT2D eigenvalue weighted by atomic mass is 10.1. The van der Waals surface area contributed by atoms with Crippen molar-refractivity contribution in [2.45, 2.75) is 52.5 Å². The zero-order valence-electron chi connectivity index (χ0n) is 16.7. The van der Waals surface area contributed by atoms with Crippen molar-refractivity contribution < 1.29 is 13.9 Å². The highest BCUT2D eigenvalue weighted by Crippen LogP contribution is 2.24. The quantitative estimate of drug-likeness (QED) is 0.837. The third-order valence-corrected chi connectivity index (χ3v) is 4.96. The van der Waals surface area contributed by atoms with Crippen LogP contribution in [0.3, 0.4) is 0 Å². The molecule has 1 aromatic heterocycles. The van der Waals surface area contributed by atoms with Gasteiger partial charge in [0.1, 0.15) is 5.82 Å². The molecule has 0 unspecified atom stereocenters. The van der Waals surface area contributed by atoms with E-state index < -0.39 is 0 Å². The van der Waals surface area contributed by atoms with Crippen molar-refractivity contribution in [2.24, 2.45) is 7.05 Å². The summed E-state index contributed by atoms with van der Waals surface area (Å²) in [6.45, 7) is 7.60. The van der Waals surface area contributed by atoms with Crippen molar-refractivity contribution in [3.05, 3.63) is 51.6 Å². The number of urea groups is 1. The third-order valence-electron chi connectivity index (χ3n) is 4.61. The SMILES string of the molecule is Cn1nc(COCc2ccc(F)cc2Cl)c2c1CCN(C(=O)NC(C)(C)C)C2. The number of rotatable bonds is 4. The van der Waals surface area contributed by atoms with Crippen LogP contribution in [0.15, 0.2) is 18.2 Å². The summed E-state index contributed by atoms with van der Waals surface area (Å²) >= 11 is 6.05. The van der Waals surface area contributed by atoms with Gasteiger partial charge in [0.15, 0.2) is 0 Å². The number of carbonyl (C=O) groups is 1. The van der Waals surface area contributed by atoms with Crippen molar-refractivity contribution >= 4 is 17.6 Å². The van der Waals surface area contributed by atoms with Crippen molar-refractivity contribution in [3.8, 4) is 0 Å². The summed E-state index contributed by atoms with van der Waals surface area (Å²) in [5.74, 6) is -0.374. The number of nitrogens with one attached hydrogen (secondary N) is 1. The molecule has 2 heterocycles. The molecule has 0 atom stereocenters. The highest BCUT2D eigenvalue weighted by atomic mass is 35.5. The van der Waals surface area contributed by atoms with Gasteiger partial charge in [0.25, 0.3) is 0 Å². The number of hydrogen-bond donors (Lipinski definition) is 1. The van der Waals surface area contributed by atoms with Gasteiger partial charge < -0.3 is 15.0 Å². The molecule has 0 saturated heterocycles. The molecule has 0 aliphatic carbocycles. The van der Waals surface area contributed by atoms with Gasteiger partial charge >= 0.3 is 6.03 Å². The minimum Gasteiger partial charge on any atom is -0.370 e. The molecule has 3 rings (SSSR count). The number of carbonyl (C=O) groups excluding carboxylic acids is 1. The molecule has 0 saturated carbocycles. The van der Waals surface area contributed by atoms with Gasteiger partial charge in [-0.1, -0.05) is 17.7 Å². The van der Waals surface area contributed by atoms with Crippen LogP contribution in [0, 0.1) is 5.82 Å². The van der Waals surface area contributed by atoms with Crippen molar-refractivity contribution in [1.29, 1.82) is 0 Å². The number of nitrogens with zero attached hydrogens (tertiary/aromatic N) is 3. The van der Waals surface area contributed by atoms with Crippen LogP contribution in [0.4, 0.5) is 9.18 Å². The highest BCUT2D eigenvalue weighted by Gasteiger charge is 2.28. The third kappa shape index (κ3) is 4.83. The van der Waals surface area contributed by atoms with Gasteiger partial charge in [-0.2, -0.15) is 5.10 Å². The largest absolute Gasteiger partial charge is 0.370 e. The lowest BCUT2D eigenvalue weighted by molar-refractivity contribution is 0.103. The van der Waals surface area contributed by atoms with Crippen molar-refractivity contribution in [2.75, 3.05) is 6.54 Å². The van der Waals surface area contributed by atoms with E-state index in [2.05, 4.69) is 10.4 Å². The van der Waals surface area contributed by atoms with Crippen LogP contribution in [-0.2, 0) is 38.0 Å². The van der Waals surface area contributed by atoms with Crippen LogP contribution in [0.5, 0.6) is 0 Å². The summed E-state index contributed by atoms with van der Waals surface area (Å²) in [6, 6.07) is 4.17. The Kier molecular flexibility index (Phi) is 5.95. The number of fused-ring (bicyclic) bond motifs is 1. The average Bonchev–Trinajstić information content (AvgIpc) is 2.91. The molecule has 152 valence electrons. The lowest BCUT2D eigenvalue weighted by Crippen LogP contribution is -2.49. The Morgan fingerprint density at radius 1 is 1.36 bits per heavy atom. The Balaban J connectivity index is 1.67.